The van der Waals surface area contributed by atoms with E-state index in [1.54, 1.807) is 25.2 Å². The van der Waals surface area contributed by atoms with Gasteiger partial charge in [0.1, 0.15) is 23.2 Å². The molecule has 0 spiro atoms. The zero-order valence-electron chi connectivity index (χ0n) is 10.2. The van der Waals surface area contributed by atoms with Crippen molar-refractivity contribution < 1.29 is 9.13 Å². The van der Waals surface area contributed by atoms with E-state index >= 15 is 0 Å². The first-order chi connectivity index (χ1) is 8.72. The van der Waals surface area contributed by atoms with Crippen molar-refractivity contribution in [2.75, 3.05) is 24.8 Å². The molecule has 0 saturated heterocycles. The number of nitrogens with one attached hydrogen (secondary N) is 2. The van der Waals surface area contributed by atoms with Crippen molar-refractivity contribution >= 4 is 17.3 Å². The number of benzene rings is 1. The van der Waals surface area contributed by atoms with Crippen LogP contribution >= 0.6 is 0 Å². The minimum Gasteiger partial charge on any atom is -0.497 e. The second-order valence-electron chi connectivity index (χ2n) is 3.63. The van der Waals surface area contributed by atoms with Gasteiger partial charge in [0.2, 0.25) is 0 Å². The van der Waals surface area contributed by atoms with Crippen LogP contribution in [0.5, 0.6) is 5.75 Å². The first kappa shape index (κ1) is 12.2. The van der Waals surface area contributed by atoms with E-state index in [-0.39, 0.29) is 5.82 Å². The second kappa shape index (κ2) is 5.35. The maximum Gasteiger partial charge on any atom is 0.146 e. The summed E-state index contributed by atoms with van der Waals surface area (Å²) in [5.74, 6) is 1.51. The molecule has 1 heterocycles. The molecule has 18 heavy (non-hydrogen) atoms. The zero-order valence-corrected chi connectivity index (χ0v) is 10.2. The molecule has 0 atom stereocenters. The largest absolute Gasteiger partial charge is 0.497 e. The van der Waals surface area contributed by atoms with Gasteiger partial charge in [-0.25, -0.2) is 9.37 Å². The van der Waals surface area contributed by atoms with E-state index in [4.69, 9.17) is 4.74 Å². The van der Waals surface area contributed by atoms with Crippen molar-refractivity contribution in [1.82, 2.24) is 4.98 Å². The number of rotatable bonds is 4. The van der Waals surface area contributed by atoms with E-state index in [2.05, 4.69) is 15.6 Å². The molecule has 2 rings (SSSR count). The summed E-state index contributed by atoms with van der Waals surface area (Å²) in [6.07, 6.45) is 0. The number of halogens is 1. The highest BCUT2D eigenvalue weighted by Crippen LogP contribution is 2.24. The molecule has 0 aliphatic rings. The van der Waals surface area contributed by atoms with Crippen LogP contribution in [0.3, 0.4) is 0 Å². The van der Waals surface area contributed by atoms with Crippen LogP contribution in [0.1, 0.15) is 0 Å². The lowest BCUT2D eigenvalue weighted by atomic mass is 10.3. The topological polar surface area (TPSA) is 46.2 Å². The molecule has 0 aliphatic heterocycles. The summed E-state index contributed by atoms with van der Waals surface area (Å²) in [6, 6.07) is 9.93. The number of pyridine rings is 1. The van der Waals surface area contributed by atoms with Gasteiger partial charge >= 0.3 is 0 Å². The van der Waals surface area contributed by atoms with E-state index in [1.807, 2.05) is 12.1 Å². The molecule has 0 unspecified atom stereocenters. The molecule has 0 bridgehead atoms. The molecule has 2 aromatic rings. The molecule has 5 heteroatoms. The number of nitrogens with zero attached hydrogens (tertiary/aromatic N) is 1. The summed E-state index contributed by atoms with van der Waals surface area (Å²) in [4.78, 5) is 4.25. The molecule has 94 valence electrons. The van der Waals surface area contributed by atoms with E-state index in [0.717, 1.165) is 0 Å². The number of methoxy groups -OCH3 is 1. The maximum absolute atomic E-state index is 13.6. The molecule has 1 aromatic heterocycles. The van der Waals surface area contributed by atoms with Gasteiger partial charge in [-0.05, 0) is 24.3 Å². The summed E-state index contributed by atoms with van der Waals surface area (Å²) in [5, 5.41) is 5.84. The van der Waals surface area contributed by atoms with Crippen LogP contribution < -0.4 is 15.4 Å². The fourth-order valence-corrected chi connectivity index (χ4v) is 1.51. The molecule has 4 nitrogen and oxygen atoms in total. The number of aromatic nitrogens is 1. The van der Waals surface area contributed by atoms with Crippen LogP contribution in [-0.2, 0) is 0 Å². The number of hydrogen-bond acceptors (Lipinski definition) is 4. The summed E-state index contributed by atoms with van der Waals surface area (Å²) in [6.45, 7) is 0. The first-order valence-corrected chi connectivity index (χ1v) is 5.48. The summed E-state index contributed by atoms with van der Waals surface area (Å²) in [5.41, 5.74) is 0.329. The summed E-state index contributed by atoms with van der Waals surface area (Å²) < 4.78 is 18.7. The Morgan fingerprint density at radius 1 is 1.17 bits per heavy atom. The molecule has 0 saturated carbocycles. The van der Waals surface area contributed by atoms with Gasteiger partial charge in [0.15, 0.2) is 0 Å². The van der Waals surface area contributed by atoms with Gasteiger partial charge in [0.25, 0.3) is 0 Å². The molecule has 1 aromatic carbocycles. The molecule has 0 fully saturated rings. The number of ether oxygens (including phenoxy) is 1. The van der Waals surface area contributed by atoms with Gasteiger partial charge in [0, 0.05) is 13.1 Å². The standard InChI is InChI=1S/C13H14FN3O/c1-15-12-4-3-5-13(17-12)16-11-8-9(18-2)6-7-10(11)14/h3-8H,1-2H3,(H2,15,16,17). The molecule has 0 amide bonds. The average molecular weight is 247 g/mol. The predicted octanol–water partition coefficient (Wildman–Crippen LogP) is 3.01. The normalized spacial score (nSPS) is 9.94. The third-order valence-electron chi connectivity index (χ3n) is 2.44. The van der Waals surface area contributed by atoms with Gasteiger partial charge < -0.3 is 15.4 Å². The lowest BCUT2D eigenvalue weighted by molar-refractivity contribution is 0.414. The summed E-state index contributed by atoms with van der Waals surface area (Å²) >= 11 is 0. The lowest BCUT2D eigenvalue weighted by Crippen LogP contribution is -1.99. The molecule has 0 aliphatic carbocycles. The Hall–Kier alpha value is -2.30. The van der Waals surface area contributed by atoms with Gasteiger partial charge in [-0.1, -0.05) is 6.07 Å². The van der Waals surface area contributed by atoms with Crippen molar-refractivity contribution in [2.24, 2.45) is 0 Å². The zero-order chi connectivity index (χ0) is 13.0. The lowest BCUT2D eigenvalue weighted by Gasteiger charge is -2.09. The summed E-state index contributed by atoms with van der Waals surface area (Å²) in [7, 11) is 3.31. The minimum atomic E-state index is -0.354. The van der Waals surface area contributed by atoms with Crippen LogP contribution in [0, 0.1) is 5.82 Å². The quantitative estimate of drug-likeness (QED) is 0.871. The fourth-order valence-electron chi connectivity index (χ4n) is 1.51. The average Bonchev–Trinajstić information content (AvgIpc) is 2.41. The Kier molecular flexibility index (Phi) is 3.62. The third kappa shape index (κ3) is 2.68. The Bertz CT molecular complexity index is 546. The SMILES string of the molecule is CNc1cccc(Nc2cc(OC)ccc2F)n1. The fraction of sp³-hybridized carbons (Fsp3) is 0.154. The predicted molar refractivity (Wildman–Crippen MR) is 70.0 cm³/mol. The highest BCUT2D eigenvalue weighted by Gasteiger charge is 2.05. The Morgan fingerprint density at radius 3 is 2.67 bits per heavy atom. The highest BCUT2D eigenvalue weighted by atomic mass is 19.1. The second-order valence-corrected chi connectivity index (χ2v) is 3.63. The van der Waals surface area contributed by atoms with Crippen LogP contribution in [0.2, 0.25) is 0 Å². The van der Waals surface area contributed by atoms with Gasteiger partial charge in [-0.3, -0.25) is 0 Å². The molecular weight excluding hydrogens is 233 g/mol. The monoisotopic (exact) mass is 247 g/mol. The first-order valence-electron chi connectivity index (χ1n) is 5.48. The smallest absolute Gasteiger partial charge is 0.146 e. The highest BCUT2D eigenvalue weighted by molar-refractivity contribution is 5.60. The van der Waals surface area contributed by atoms with Crippen molar-refractivity contribution in [3.8, 4) is 5.75 Å². The minimum absolute atomic E-state index is 0.329. The number of hydrogen-bond donors (Lipinski definition) is 2. The Balaban J connectivity index is 2.27. The van der Waals surface area contributed by atoms with Gasteiger partial charge in [-0.15, -0.1) is 0 Å². The molecule has 2 N–H and O–H groups in total. The van der Waals surface area contributed by atoms with Crippen molar-refractivity contribution in [3.63, 3.8) is 0 Å². The Morgan fingerprint density at radius 2 is 1.94 bits per heavy atom. The van der Waals surface area contributed by atoms with Crippen molar-refractivity contribution in [1.29, 1.82) is 0 Å². The molecule has 0 radical (unpaired) electrons. The maximum atomic E-state index is 13.6. The van der Waals surface area contributed by atoms with Gasteiger partial charge in [-0.2, -0.15) is 0 Å². The van der Waals surface area contributed by atoms with E-state index in [1.165, 1.54) is 13.2 Å². The van der Waals surface area contributed by atoms with E-state index < -0.39 is 0 Å². The van der Waals surface area contributed by atoms with Crippen LogP contribution in [-0.4, -0.2) is 19.1 Å². The van der Waals surface area contributed by atoms with E-state index in [0.29, 0.717) is 23.1 Å². The van der Waals surface area contributed by atoms with Crippen molar-refractivity contribution in [2.45, 2.75) is 0 Å². The van der Waals surface area contributed by atoms with Crippen molar-refractivity contribution in [3.05, 3.63) is 42.2 Å². The van der Waals surface area contributed by atoms with Crippen LogP contribution in [0.4, 0.5) is 21.7 Å². The van der Waals surface area contributed by atoms with Crippen LogP contribution in [0.15, 0.2) is 36.4 Å². The Labute approximate surface area is 105 Å². The van der Waals surface area contributed by atoms with Gasteiger partial charge in [0.05, 0.1) is 12.8 Å². The number of anilines is 3. The third-order valence-corrected chi connectivity index (χ3v) is 2.44. The molecular formula is C13H14FN3O. The van der Waals surface area contributed by atoms with E-state index in [9.17, 15) is 4.39 Å². The van der Waals surface area contributed by atoms with Crippen LogP contribution in [0.25, 0.3) is 0 Å².